The van der Waals surface area contributed by atoms with Gasteiger partial charge in [-0.15, -0.1) is 0 Å². The van der Waals surface area contributed by atoms with E-state index in [2.05, 4.69) is 41.9 Å². The van der Waals surface area contributed by atoms with Gasteiger partial charge in [-0.3, -0.25) is 48.3 Å². The molecule has 8 amide bonds. The van der Waals surface area contributed by atoms with Crippen LogP contribution in [0.2, 0.25) is 0 Å². The number of benzene rings is 3. The molecule has 0 saturated carbocycles. The number of hydrogen-bond acceptors (Lipinski definition) is 10. The molecule has 22 nitrogen and oxygen atoms in total. The van der Waals surface area contributed by atoms with Crippen LogP contribution in [0.15, 0.2) is 101 Å². The Labute approximate surface area is 437 Å². The molecule has 3 aliphatic heterocycles. The Hall–Kier alpha value is -8.04. The number of aliphatic imine (C=N–C) groups is 2. The minimum absolute atomic E-state index is 0.0265. The van der Waals surface area contributed by atoms with E-state index in [-0.39, 0.29) is 83.0 Å². The van der Waals surface area contributed by atoms with Gasteiger partial charge in [0.1, 0.15) is 48.3 Å². The van der Waals surface area contributed by atoms with Crippen LogP contribution in [-0.2, 0) is 57.6 Å². The third kappa shape index (κ3) is 16.7. The SMILES string of the molecule is C[C@@H]1NC(=O)[C@H](CCCCN=C(N)N)NC(=O)[C@H](Cc2ccccc2)NC(=O)[C@H](Cc2ccccc2)NC(=O)[C@H](CCCN=C(N)N)NC(=O)[C@@H]2CCCN2C(=O)[C@H]2CCCN2C(=O)[C@H](Cc2ccccc2)NC1=O. The van der Waals surface area contributed by atoms with E-state index >= 15 is 0 Å². The van der Waals surface area contributed by atoms with E-state index in [1.807, 2.05) is 18.2 Å². The zero-order chi connectivity index (χ0) is 53.9. The van der Waals surface area contributed by atoms with Crippen molar-refractivity contribution in [3.8, 4) is 0 Å². The molecule has 22 heteroatoms. The Bertz CT molecular complexity index is 2510. The number of hydrogen-bond donors (Lipinski definition) is 10. The van der Waals surface area contributed by atoms with Gasteiger partial charge in [0, 0.05) is 45.4 Å². The molecule has 3 fully saturated rings. The second kappa shape index (κ2) is 27.9. The van der Waals surface area contributed by atoms with Crippen LogP contribution in [0.4, 0.5) is 0 Å². The van der Waals surface area contributed by atoms with E-state index in [0.717, 1.165) is 5.56 Å². The maximum Gasteiger partial charge on any atom is 0.246 e. The van der Waals surface area contributed by atoms with Crippen molar-refractivity contribution in [1.29, 1.82) is 0 Å². The first-order valence-electron chi connectivity index (χ1n) is 25.7. The van der Waals surface area contributed by atoms with E-state index in [1.54, 1.807) is 72.8 Å². The molecule has 402 valence electrons. The highest BCUT2D eigenvalue weighted by Crippen LogP contribution is 2.27. The average molecular weight is 1030 g/mol. The Morgan fingerprint density at radius 1 is 0.453 bits per heavy atom. The van der Waals surface area contributed by atoms with Crippen molar-refractivity contribution in [2.75, 3.05) is 26.2 Å². The fraction of sp³-hybridized carbons (Fsp3) is 0.472. The second-order valence-electron chi connectivity index (χ2n) is 19.2. The summed E-state index contributed by atoms with van der Waals surface area (Å²) < 4.78 is 0. The number of carbonyl (C=O) groups excluding carboxylic acids is 8. The van der Waals surface area contributed by atoms with E-state index in [9.17, 15) is 38.4 Å². The summed E-state index contributed by atoms with van der Waals surface area (Å²) in [6.07, 6.45) is 2.64. The summed E-state index contributed by atoms with van der Waals surface area (Å²) in [4.78, 5) is 127. The normalized spacial score (nSPS) is 24.5. The fourth-order valence-electron chi connectivity index (χ4n) is 9.62. The predicted octanol–water partition coefficient (Wildman–Crippen LogP) is -0.864. The Balaban J connectivity index is 1.39. The number of amides is 8. The maximum absolute atomic E-state index is 14.7. The number of nitrogens with zero attached hydrogens (tertiary/aromatic N) is 4. The maximum atomic E-state index is 14.7. The van der Waals surface area contributed by atoms with E-state index in [1.165, 1.54) is 16.7 Å². The lowest BCUT2D eigenvalue weighted by Gasteiger charge is -2.34. The molecule has 3 aromatic carbocycles. The molecule has 6 rings (SSSR count). The average Bonchev–Trinajstić information content (AvgIpc) is 4.10. The first-order valence-corrected chi connectivity index (χ1v) is 25.7. The van der Waals surface area contributed by atoms with Crippen LogP contribution in [0.3, 0.4) is 0 Å². The van der Waals surface area contributed by atoms with Gasteiger partial charge in [-0.2, -0.15) is 0 Å². The van der Waals surface area contributed by atoms with Crippen molar-refractivity contribution in [3.05, 3.63) is 108 Å². The minimum atomic E-state index is -1.31. The molecule has 0 radical (unpaired) electrons. The first kappa shape index (κ1) is 56.3. The van der Waals surface area contributed by atoms with Gasteiger partial charge in [0.05, 0.1) is 0 Å². The van der Waals surface area contributed by atoms with Gasteiger partial charge < -0.3 is 64.6 Å². The number of guanidine groups is 2. The predicted molar refractivity (Wildman–Crippen MR) is 282 cm³/mol. The van der Waals surface area contributed by atoms with Crippen molar-refractivity contribution in [1.82, 2.24) is 41.7 Å². The molecule has 0 bridgehead atoms. The molecule has 0 spiro atoms. The number of fused-ring (bicyclic) bond motifs is 2. The van der Waals surface area contributed by atoms with Gasteiger partial charge in [-0.1, -0.05) is 91.0 Å². The summed E-state index contributed by atoms with van der Waals surface area (Å²) in [6.45, 7) is 2.23. The van der Waals surface area contributed by atoms with Crippen LogP contribution in [0, 0.1) is 0 Å². The van der Waals surface area contributed by atoms with Crippen molar-refractivity contribution in [2.45, 2.75) is 132 Å². The summed E-state index contributed by atoms with van der Waals surface area (Å²) in [5.41, 5.74) is 24.3. The monoisotopic (exact) mass is 1030 g/mol. The first-order chi connectivity index (χ1) is 36.1. The third-order valence-corrected chi connectivity index (χ3v) is 13.5. The van der Waals surface area contributed by atoms with Gasteiger partial charge in [0.2, 0.25) is 47.3 Å². The summed E-state index contributed by atoms with van der Waals surface area (Å²) >= 11 is 0. The molecule has 0 unspecified atom stereocenters. The summed E-state index contributed by atoms with van der Waals surface area (Å²) in [5, 5.41) is 16.9. The van der Waals surface area contributed by atoms with E-state index < -0.39 is 95.6 Å². The smallest absolute Gasteiger partial charge is 0.246 e. The van der Waals surface area contributed by atoms with Crippen molar-refractivity contribution in [3.63, 3.8) is 0 Å². The molecule has 0 aromatic heterocycles. The van der Waals surface area contributed by atoms with Gasteiger partial charge in [0.15, 0.2) is 11.9 Å². The topological polar surface area (TPSA) is 344 Å². The largest absolute Gasteiger partial charge is 0.370 e. The number of rotatable bonds is 15. The van der Waals surface area contributed by atoms with Gasteiger partial charge in [-0.05, 0) is 81.4 Å². The molecule has 3 heterocycles. The molecule has 8 atom stereocenters. The molecule has 75 heavy (non-hydrogen) atoms. The van der Waals surface area contributed by atoms with Crippen molar-refractivity contribution < 1.29 is 38.4 Å². The third-order valence-electron chi connectivity index (χ3n) is 13.5. The quantitative estimate of drug-likeness (QED) is 0.0505. The second-order valence-corrected chi connectivity index (χ2v) is 19.2. The molecule has 3 saturated heterocycles. The van der Waals surface area contributed by atoms with Crippen LogP contribution in [-0.4, -0.2) is 143 Å². The van der Waals surface area contributed by atoms with Crippen molar-refractivity contribution >= 4 is 59.2 Å². The summed E-state index contributed by atoms with van der Waals surface area (Å²) in [7, 11) is 0. The van der Waals surface area contributed by atoms with Crippen LogP contribution in [0.5, 0.6) is 0 Å². The van der Waals surface area contributed by atoms with E-state index in [0.29, 0.717) is 43.2 Å². The highest BCUT2D eigenvalue weighted by molar-refractivity contribution is 5.99. The number of unbranched alkanes of at least 4 members (excludes halogenated alkanes) is 1. The van der Waals surface area contributed by atoms with Crippen molar-refractivity contribution in [2.24, 2.45) is 32.9 Å². The number of nitrogens with one attached hydrogen (secondary N) is 6. The highest BCUT2D eigenvalue weighted by Gasteiger charge is 2.44. The zero-order valence-corrected chi connectivity index (χ0v) is 42.5. The van der Waals surface area contributed by atoms with Gasteiger partial charge >= 0.3 is 0 Å². The lowest BCUT2D eigenvalue weighted by molar-refractivity contribution is -0.148. The molecular weight excluding hydrogens is 961 g/mol. The summed E-state index contributed by atoms with van der Waals surface area (Å²) in [6, 6.07) is 17.4. The molecule has 3 aromatic rings. The lowest BCUT2D eigenvalue weighted by atomic mass is 10.0. The highest BCUT2D eigenvalue weighted by atomic mass is 16.2. The van der Waals surface area contributed by atoms with Crippen LogP contribution < -0.4 is 54.8 Å². The van der Waals surface area contributed by atoms with Crippen LogP contribution in [0.25, 0.3) is 0 Å². The molecule has 3 aliphatic rings. The van der Waals surface area contributed by atoms with Gasteiger partial charge in [0.25, 0.3) is 0 Å². The fourth-order valence-corrected chi connectivity index (χ4v) is 9.62. The minimum Gasteiger partial charge on any atom is -0.370 e. The number of carbonyl (C=O) groups is 8. The number of nitrogens with two attached hydrogens (primary N) is 4. The lowest BCUT2D eigenvalue weighted by Crippen LogP contribution is -2.61. The standard InChI is InChI=1S/C53H72N14O8/c1-33-44(68)65-41(32-36-20-9-4-10-21-36)50(74)67-29-15-25-43(67)51(75)66-28-14-24-42(66)49(73)62-38(23-13-27-59-53(56)57)46(70)63-40(31-35-18-7-3-8-19-35)48(72)64-39(30-34-16-5-2-6-17-34)47(71)61-37(45(69)60-33)22-11-12-26-58-52(54)55/h2-10,16-21,33,37-43H,11-15,22-32H2,1H3,(H,60,69)(H,61,71)(H,62,73)(H,63,70)(H,64,72)(H,65,68)(H4,54,55,58)(H4,56,57,59)/t33-,37-,38-,39-,40-,41-,42-,43+/m0/s1. The Morgan fingerprint density at radius 2 is 0.840 bits per heavy atom. The summed E-state index contributed by atoms with van der Waals surface area (Å²) in [5.74, 6) is -5.44. The molecule has 0 aliphatic carbocycles. The molecule has 14 N–H and O–H groups in total. The van der Waals surface area contributed by atoms with E-state index in [4.69, 9.17) is 22.9 Å². The van der Waals surface area contributed by atoms with Crippen LogP contribution in [0.1, 0.15) is 81.4 Å². The molecular formula is C53H72N14O8. The zero-order valence-electron chi connectivity index (χ0n) is 42.5. The Kier molecular flexibility index (Phi) is 20.9. The van der Waals surface area contributed by atoms with Crippen LogP contribution >= 0.6 is 0 Å². The Morgan fingerprint density at radius 3 is 1.35 bits per heavy atom. The van der Waals surface area contributed by atoms with Gasteiger partial charge in [-0.25, -0.2) is 0 Å².